The first-order valence-corrected chi connectivity index (χ1v) is 6.54. The van der Waals surface area contributed by atoms with Crippen molar-refractivity contribution in [2.24, 2.45) is 13.0 Å². The summed E-state index contributed by atoms with van der Waals surface area (Å²) in [6, 6.07) is -0.0626. The molecule has 0 spiro atoms. The summed E-state index contributed by atoms with van der Waals surface area (Å²) in [6.45, 7) is 3.51. The van der Waals surface area contributed by atoms with Crippen LogP contribution in [0, 0.1) is 5.92 Å². The molecule has 0 aliphatic carbocycles. The van der Waals surface area contributed by atoms with Gasteiger partial charge in [-0.25, -0.2) is 4.98 Å². The van der Waals surface area contributed by atoms with Crippen LogP contribution >= 0.6 is 0 Å². The predicted molar refractivity (Wildman–Crippen MR) is 67.7 cm³/mol. The van der Waals surface area contributed by atoms with Crippen molar-refractivity contribution in [3.63, 3.8) is 0 Å². The summed E-state index contributed by atoms with van der Waals surface area (Å²) < 4.78 is 1.63. The monoisotopic (exact) mass is 251 g/mol. The van der Waals surface area contributed by atoms with E-state index in [0.29, 0.717) is 18.3 Å². The maximum Gasteiger partial charge on any atom is 0.237 e. The lowest BCUT2D eigenvalue weighted by Gasteiger charge is -2.28. The number of hydrogen-bond donors (Lipinski definition) is 2. The molecule has 1 aliphatic heterocycles. The van der Waals surface area contributed by atoms with Crippen molar-refractivity contribution in [1.29, 1.82) is 0 Å². The molecule has 1 fully saturated rings. The van der Waals surface area contributed by atoms with E-state index in [0.717, 1.165) is 19.4 Å². The molecule has 2 unspecified atom stereocenters. The maximum atomic E-state index is 12.0. The average molecular weight is 251 g/mol. The van der Waals surface area contributed by atoms with Gasteiger partial charge in [-0.2, -0.15) is 5.10 Å². The summed E-state index contributed by atoms with van der Waals surface area (Å²) in [5.41, 5.74) is 0. The van der Waals surface area contributed by atoms with Gasteiger partial charge in [0, 0.05) is 7.05 Å². The molecular weight excluding hydrogens is 230 g/mol. The summed E-state index contributed by atoms with van der Waals surface area (Å²) in [7, 11) is 1.81. The number of nitrogens with one attached hydrogen (secondary N) is 2. The molecule has 2 atom stereocenters. The van der Waals surface area contributed by atoms with Crippen LogP contribution in [-0.4, -0.2) is 33.3 Å². The first kappa shape index (κ1) is 13.0. The minimum atomic E-state index is -0.0626. The smallest absolute Gasteiger partial charge is 0.237 e. The van der Waals surface area contributed by atoms with E-state index in [9.17, 15) is 4.79 Å². The van der Waals surface area contributed by atoms with Gasteiger partial charge in [-0.3, -0.25) is 9.48 Å². The fraction of sp³-hybridized carbons (Fsp3) is 0.750. The molecule has 1 aliphatic rings. The lowest BCUT2D eigenvalue weighted by molar-refractivity contribution is -0.124. The first-order valence-electron chi connectivity index (χ1n) is 6.54. The Morgan fingerprint density at radius 2 is 2.50 bits per heavy atom. The van der Waals surface area contributed by atoms with E-state index in [1.54, 1.807) is 11.0 Å². The van der Waals surface area contributed by atoms with E-state index in [-0.39, 0.29) is 11.9 Å². The number of aromatic nitrogens is 3. The van der Waals surface area contributed by atoms with Crippen LogP contribution in [0.5, 0.6) is 0 Å². The molecular formula is C12H21N5O. The van der Waals surface area contributed by atoms with Crippen molar-refractivity contribution in [3.05, 3.63) is 12.2 Å². The molecule has 18 heavy (non-hydrogen) atoms. The highest BCUT2D eigenvalue weighted by Gasteiger charge is 2.25. The third-order valence-electron chi connectivity index (χ3n) is 3.47. The minimum Gasteiger partial charge on any atom is -0.347 e. The highest BCUT2D eigenvalue weighted by Crippen LogP contribution is 2.19. The van der Waals surface area contributed by atoms with Crippen molar-refractivity contribution >= 4 is 5.91 Å². The van der Waals surface area contributed by atoms with E-state index in [1.165, 1.54) is 6.42 Å². The number of hydrogen-bond acceptors (Lipinski definition) is 4. The van der Waals surface area contributed by atoms with Gasteiger partial charge in [0.15, 0.2) is 5.82 Å². The van der Waals surface area contributed by atoms with Crippen molar-refractivity contribution in [2.75, 3.05) is 6.54 Å². The summed E-state index contributed by atoms with van der Waals surface area (Å²) >= 11 is 0. The Hall–Kier alpha value is -1.43. The molecule has 1 amide bonds. The third-order valence-corrected chi connectivity index (χ3v) is 3.47. The quantitative estimate of drug-likeness (QED) is 0.802. The van der Waals surface area contributed by atoms with Gasteiger partial charge in [-0.05, 0) is 25.3 Å². The molecule has 100 valence electrons. The Labute approximate surface area is 107 Å². The van der Waals surface area contributed by atoms with Crippen molar-refractivity contribution in [1.82, 2.24) is 25.4 Å². The van der Waals surface area contributed by atoms with Gasteiger partial charge in [0.1, 0.15) is 6.33 Å². The molecule has 0 radical (unpaired) electrons. The first-order chi connectivity index (χ1) is 8.69. The minimum absolute atomic E-state index is 0.0561. The van der Waals surface area contributed by atoms with Crippen molar-refractivity contribution < 1.29 is 4.79 Å². The van der Waals surface area contributed by atoms with Crippen LogP contribution in [0.2, 0.25) is 0 Å². The second kappa shape index (κ2) is 5.95. The van der Waals surface area contributed by atoms with E-state index in [2.05, 4.69) is 27.6 Å². The molecule has 2 N–H and O–H groups in total. The highest BCUT2D eigenvalue weighted by atomic mass is 16.2. The molecule has 0 saturated carbocycles. The zero-order valence-electron chi connectivity index (χ0n) is 11.0. The molecule has 6 heteroatoms. The number of carbonyl (C=O) groups is 1. The van der Waals surface area contributed by atoms with Gasteiger partial charge in [0.25, 0.3) is 0 Å². The van der Waals surface area contributed by atoms with E-state index >= 15 is 0 Å². The number of piperidine rings is 1. The fourth-order valence-corrected chi connectivity index (χ4v) is 2.32. The molecule has 0 bridgehead atoms. The molecule has 6 nitrogen and oxygen atoms in total. The topological polar surface area (TPSA) is 71.8 Å². The molecule has 1 aromatic rings. The SMILES string of the molecule is CCC1CCNC(C(=O)NCc2ncn(C)n2)C1. The Balaban J connectivity index is 1.80. The average Bonchev–Trinajstić information content (AvgIpc) is 2.82. The van der Waals surface area contributed by atoms with Crippen molar-refractivity contribution in [2.45, 2.75) is 38.8 Å². The van der Waals surface area contributed by atoms with Crippen LogP contribution < -0.4 is 10.6 Å². The van der Waals surface area contributed by atoms with Crippen LogP contribution in [0.1, 0.15) is 32.0 Å². The standard InChI is InChI=1S/C12H21N5O/c1-3-9-4-5-13-10(6-9)12(18)14-7-11-15-8-17(2)16-11/h8-10,13H,3-7H2,1-2H3,(H,14,18). The lowest BCUT2D eigenvalue weighted by atomic mass is 9.90. The number of carbonyl (C=O) groups excluding carboxylic acids is 1. The number of nitrogens with zero attached hydrogens (tertiary/aromatic N) is 3. The molecule has 0 aromatic carbocycles. The highest BCUT2D eigenvalue weighted by molar-refractivity contribution is 5.81. The van der Waals surface area contributed by atoms with Crippen LogP contribution in [0.25, 0.3) is 0 Å². The van der Waals surface area contributed by atoms with Gasteiger partial charge in [-0.15, -0.1) is 0 Å². The Kier molecular flexibility index (Phi) is 4.30. The maximum absolute atomic E-state index is 12.0. The van der Waals surface area contributed by atoms with Gasteiger partial charge in [0.05, 0.1) is 12.6 Å². The second-order valence-corrected chi connectivity index (χ2v) is 4.86. The summed E-state index contributed by atoms with van der Waals surface area (Å²) in [6.07, 6.45) is 4.88. The predicted octanol–water partition coefficient (Wildman–Crippen LogP) is 0.210. The summed E-state index contributed by atoms with van der Waals surface area (Å²) in [5.74, 6) is 1.37. The third kappa shape index (κ3) is 3.29. The molecule has 2 heterocycles. The summed E-state index contributed by atoms with van der Waals surface area (Å²) in [4.78, 5) is 16.1. The second-order valence-electron chi connectivity index (χ2n) is 4.86. The normalized spacial score (nSPS) is 23.9. The number of rotatable bonds is 4. The van der Waals surface area contributed by atoms with Crippen LogP contribution in [-0.2, 0) is 18.4 Å². The number of aryl methyl sites for hydroxylation is 1. The number of amides is 1. The van der Waals surface area contributed by atoms with Gasteiger partial charge in [-0.1, -0.05) is 13.3 Å². The van der Waals surface area contributed by atoms with Crippen molar-refractivity contribution in [3.8, 4) is 0 Å². The van der Waals surface area contributed by atoms with Crippen LogP contribution in [0.15, 0.2) is 6.33 Å². The van der Waals surface area contributed by atoms with Gasteiger partial charge >= 0.3 is 0 Å². The fourth-order valence-electron chi connectivity index (χ4n) is 2.32. The van der Waals surface area contributed by atoms with Gasteiger partial charge < -0.3 is 10.6 Å². The van der Waals surface area contributed by atoms with E-state index in [4.69, 9.17) is 0 Å². The zero-order valence-corrected chi connectivity index (χ0v) is 11.0. The van der Waals surface area contributed by atoms with E-state index < -0.39 is 0 Å². The van der Waals surface area contributed by atoms with Crippen LogP contribution in [0.4, 0.5) is 0 Å². The largest absolute Gasteiger partial charge is 0.347 e. The summed E-state index contributed by atoms with van der Waals surface area (Å²) in [5, 5.41) is 10.3. The molecule has 2 rings (SSSR count). The zero-order chi connectivity index (χ0) is 13.0. The Morgan fingerprint density at radius 1 is 1.67 bits per heavy atom. The van der Waals surface area contributed by atoms with Gasteiger partial charge in [0.2, 0.25) is 5.91 Å². The molecule has 1 aromatic heterocycles. The Bertz CT molecular complexity index is 403. The van der Waals surface area contributed by atoms with E-state index in [1.807, 2.05) is 7.05 Å². The lowest BCUT2D eigenvalue weighted by Crippen LogP contribution is -2.48. The Morgan fingerprint density at radius 3 is 3.17 bits per heavy atom. The van der Waals surface area contributed by atoms with Crippen LogP contribution in [0.3, 0.4) is 0 Å². The molecule has 1 saturated heterocycles.